The van der Waals surface area contributed by atoms with Crippen LogP contribution in [-0.4, -0.2) is 68.2 Å². The maximum atomic E-state index is 13.1. The maximum Gasteiger partial charge on any atom is 0.433 e. The predicted octanol–water partition coefficient (Wildman–Crippen LogP) is 7.12. The highest BCUT2D eigenvalue weighted by atomic mass is 31.2. The number of hydrogen-bond acceptors (Lipinski definition) is 9. The van der Waals surface area contributed by atoms with Gasteiger partial charge in [-0.15, -0.1) is 0 Å². The number of aromatic nitrogens is 4. The van der Waals surface area contributed by atoms with E-state index in [1.54, 1.807) is 20.2 Å². The Balaban J connectivity index is 1.92. The van der Waals surface area contributed by atoms with Crippen molar-refractivity contribution in [3.63, 3.8) is 0 Å². The van der Waals surface area contributed by atoms with Crippen LogP contribution >= 0.6 is 7.75 Å². The molecule has 0 spiro atoms. The fourth-order valence-electron chi connectivity index (χ4n) is 3.92. The molecule has 14 heteroatoms. The predicted molar refractivity (Wildman–Crippen MR) is 164 cm³/mol. The quantitative estimate of drug-likeness (QED) is 0.195. The van der Waals surface area contributed by atoms with Gasteiger partial charge in [-0.3, -0.25) is 18.7 Å². The molecule has 228 valence electrons. The van der Waals surface area contributed by atoms with Crippen molar-refractivity contribution in [3.8, 4) is 0 Å². The molecule has 11 nitrogen and oxygen atoms in total. The average molecular weight is 616 g/mol. The van der Waals surface area contributed by atoms with E-state index >= 15 is 0 Å². The van der Waals surface area contributed by atoms with Crippen LogP contribution in [0.4, 0.5) is 5.82 Å². The summed E-state index contributed by atoms with van der Waals surface area (Å²) in [4.78, 5) is 13.3. The van der Waals surface area contributed by atoms with E-state index < -0.39 is 24.4 Å². The molecule has 0 radical (unpaired) electrons. The molecule has 1 aliphatic heterocycles. The minimum atomic E-state index is -3.61. The van der Waals surface area contributed by atoms with Crippen molar-refractivity contribution in [2.75, 3.05) is 24.9 Å². The fourth-order valence-corrected chi connectivity index (χ4v) is 7.60. The molecule has 3 heterocycles. The van der Waals surface area contributed by atoms with Gasteiger partial charge in [0, 0.05) is 6.42 Å². The van der Waals surface area contributed by atoms with E-state index in [-0.39, 0.29) is 47.5 Å². The molecule has 2 aromatic heterocycles. The topological polar surface area (TPSA) is 119 Å². The van der Waals surface area contributed by atoms with Crippen molar-refractivity contribution >= 4 is 41.4 Å². The molecular formula is C26H50N5O6PSi2. The third kappa shape index (κ3) is 7.41. The molecule has 1 N–H and O–H groups in total. The lowest BCUT2D eigenvalue weighted by Gasteiger charge is -2.40. The number of nitrogens with zero attached hydrogens (tertiary/aromatic N) is 4. The Morgan fingerprint density at radius 1 is 1.00 bits per heavy atom. The van der Waals surface area contributed by atoms with Crippen LogP contribution in [0, 0.1) is 0 Å². The van der Waals surface area contributed by atoms with Gasteiger partial charge < -0.3 is 13.6 Å². The van der Waals surface area contributed by atoms with Crippen LogP contribution in [-0.2, 0) is 27.2 Å². The molecule has 2 aromatic rings. The van der Waals surface area contributed by atoms with Crippen molar-refractivity contribution < 1.29 is 27.2 Å². The Kier molecular flexibility index (Phi) is 10.2. The van der Waals surface area contributed by atoms with Crippen molar-refractivity contribution in [2.24, 2.45) is 0 Å². The van der Waals surface area contributed by atoms with Crippen LogP contribution in [0.3, 0.4) is 0 Å². The molecule has 3 atom stereocenters. The zero-order valence-electron chi connectivity index (χ0n) is 26.4. The minimum absolute atomic E-state index is 0.0560. The Hall–Kier alpha value is -1.19. The molecule has 0 amide bonds. The van der Waals surface area contributed by atoms with Crippen LogP contribution in [0.5, 0.6) is 0 Å². The highest BCUT2D eigenvalue weighted by Gasteiger charge is 2.47. The van der Waals surface area contributed by atoms with Crippen LogP contribution in [0.1, 0.15) is 68.0 Å². The van der Waals surface area contributed by atoms with Gasteiger partial charge in [-0.1, -0.05) is 41.5 Å². The lowest BCUT2D eigenvalue weighted by atomic mass is 10.2. The van der Waals surface area contributed by atoms with E-state index in [4.69, 9.17) is 22.6 Å². The van der Waals surface area contributed by atoms with E-state index in [0.29, 0.717) is 24.2 Å². The van der Waals surface area contributed by atoms with Crippen molar-refractivity contribution in [3.05, 3.63) is 12.7 Å². The van der Waals surface area contributed by atoms with Gasteiger partial charge in [0.15, 0.2) is 33.6 Å². The summed E-state index contributed by atoms with van der Waals surface area (Å²) in [6.45, 7) is 26.9. The first-order valence-corrected chi connectivity index (χ1v) is 21.5. The summed E-state index contributed by atoms with van der Waals surface area (Å²) in [6.07, 6.45) is 2.99. The number of anilines is 1. The van der Waals surface area contributed by atoms with E-state index in [0.717, 1.165) is 0 Å². The van der Waals surface area contributed by atoms with Crippen LogP contribution < -0.4 is 5.09 Å². The molecule has 1 saturated heterocycles. The van der Waals surface area contributed by atoms with Crippen LogP contribution in [0.2, 0.25) is 36.3 Å². The number of nitrogens with one attached hydrogen (secondary N) is 1. The standard InChI is InChI=1S/C26H50N5O6PSi2/c1-13-33-38(32,34-14-2)30-23-22-24(28-17-27-23)31(18-29-22)21-15-19(37-40(11,12)26(6,7)8)20(36-21)16-35-39(9,10)25(3,4)5/h17-21H,13-16H2,1-12H3,(H,27,28,30,32)/t19-,20+,21+/m0/s1. The Labute approximate surface area is 241 Å². The minimum Gasteiger partial charge on any atom is -0.414 e. The Bertz CT molecular complexity index is 1190. The summed E-state index contributed by atoms with van der Waals surface area (Å²) in [7, 11) is -7.69. The maximum absolute atomic E-state index is 13.1. The summed E-state index contributed by atoms with van der Waals surface area (Å²) in [5.74, 6) is 0.277. The van der Waals surface area contributed by atoms with E-state index in [1.165, 1.54) is 6.33 Å². The molecular weight excluding hydrogens is 565 g/mol. The molecule has 0 bridgehead atoms. The van der Waals surface area contributed by atoms with Gasteiger partial charge in [0.2, 0.25) is 0 Å². The number of rotatable bonds is 12. The Morgan fingerprint density at radius 2 is 1.60 bits per heavy atom. The second-order valence-corrected chi connectivity index (χ2v) is 24.6. The summed E-state index contributed by atoms with van der Waals surface area (Å²) < 4.78 is 45.9. The highest BCUT2D eigenvalue weighted by molar-refractivity contribution is 7.55. The summed E-state index contributed by atoms with van der Waals surface area (Å²) >= 11 is 0. The van der Waals surface area contributed by atoms with Crippen molar-refractivity contribution in [1.82, 2.24) is 19.5 Å². The number of fused-ring (bicyclic) bond motifs is 1. The molecule has 1 fully saturated rings. The first-order chi connectivity index (χ1) is 18.3. The lowest BCUT2D eigenvalue weighted by molar-refractivity contribution is -0.0383. The molecule has 0 saturated carbocycles. The normalized spacial score (nSPS) is 21.4. The van der Waals surface area contributed by atoms with Crippen molar-refractivity contribution in [1.29, 1.82) is 0 Å². The summed E-state index contributed by atoms with van der Waals surface area (Å²) in [5, 5.41) is 2.97. The molecule has 0 aromatic carbocycles. The molecule has 40 heavy (non-hydrogen) atoms. The van der Waals surface area contributed by atoms with Gasteiger partial charge in [-0.25, -0.2) is 19.5 Å². The van der Waals surface area contributed by atoms with E-state index in [9.17, 15) is 4.57 Å². The zero-order chi connectivity index (χ0) is 30.1. The number of ether oxygens (including phenoxy) is 1. The first-order valence-electron chi connectivity index (χ1n) is 14.2. The van der Waals surface area contributed by atoms with Gasteiger partial charge in [-0.05, 0) is 50.1 Å². The molecule has 0 unspecified atom stereocenters. The fraction of sp³-hybridized carbons (Fsp3) is 0.808. The summed E-state index contributed by atoms with van der Waals surface area (Å²) in [6, 6.07) is 0. The third-order valence-electron chi connectivity index (χ3n) is 8.36. The largest absolute Gasteiger partial charge is 0.433 e. The third-order valence-corrected chi connectivity index (χ3v) is 19.0. The highest BCUT2D eigenvalue weighted by Crippen LogP contribution is 2.48. The Morgan fingerprint density at radius 3 is 2.15 bits per heavy atom. The van der Waals surface area contributed by atoms with Gasteiger partial charge in [0.05, 0.1) is 32.3 Å². The lowest BCUT2D eigenvalue weighted by Crippen LogP contribution is -2.48. The monoisotopic (exact) mass is 615 g/mol. The average Bonchev–Trinajstić information content (AvgIpc) is 3.40. The summed E-state index contributed by atoms with van der Waals surface area (Å²) in [5.41, 5.74) is 1.01. The van der Waals surface area contributed by atoms with Gasteiger partial charge in [0.25, 0.3) is 0 Å². The second-order valence-electron chi connectivity index (χ2n) is 13.3. The smallest absolute Gasteiger partial charge is 0.414 e. The SMILES string of the molecule is CCOP(=O)(Nc1ncnc2c1ncn2[C@H]1C[C@H](O[Si](C)(C)C(C)(C)C)[C@@H](CO[Si](C)(C)C(C)(C)C)O1)OCC. The van der Waals surface area contributed by atoms with E-state index in [1.807, 2.05) is 4.57 Å². The van der Waals surface area contributed by atoms with Crippen molar-refractivity contribution in [2.45, 2.75) is 117 Å². The molecule has 0 aliphatic carbocycles. The van der Waals surface area contributed by atoms with E-state index in [2.05, 4.69) is 87.8 Å². The van der Waals surface area contributed by atoms with Crippen LogP contribution in [0.25, 0.3) is 11.2 Å². The van der Waals surface area contributed by atoms with Gasteiger partial charge >= 0.3 is 7.75 Å². The zero-order valence-corrected chi connectivity index (χ0v) is 29.3. The van der Waals surface area contributed by atoms with Gasteiger partial charge in [0.1, 0.15) is 18.7 Å². The molecule has 1 aliphatic rings. The first kappa shape index (κ1) is 33.3. The number of hydrogen-bond donors (Lipinski definition) is 1. The van der Waals surface area contributed by atoms with Crippen LogP contribution in [0.15, 0.2) is 12.7 Å². The van der Waals surface area contributed by atoms with Gasteiger partial charge in [-0.2, -0.15) is 0 Å². The number of imidazole rings is 1. The second kappa shape index (κ2) is 12.2. The molecule has 3 rings (SSSR count).